The van der Waals surface area contributed by atoms with Gasteiger partial charge in [-0.25, -0.2) is 4.79 Å². The molecule has 0 heterocycles. The van der Waals surface area contributed by atoms with Crippen LogP contribution in [0.2, 0.25) is 5.02 Å². The maximum Gasteiger partial charge on any atom is 0.373 e. The molecule has 0 spiro atoms. The molecule has 0 radical (unpaired) electrons. The lowest BCUT2D eigenvalue weighted by atomic mass is 10.2. The molecule has 0 aliphatic heterocycles. The van der Waals surface area contributed by atoms with Crippen LogP contribution in [0.25, 0.3) is 6.08 Å². The van der Waals surface area contributed by atoms with Crippen LogP contribution in [0.1, 0.15) is 19.4 Å². The molecule has 0 aliphatic carbocycles. The third-order valence-electron chi connectivity index (χ3n) is 1.94. The first kappa shape index (κ1) is 13.6. The molecule has 0 bridgehead atoms. The number of ether oxygens (including phenoxy) is 2. The van der Waals surface area contributed by atoms with Gasteiger partial charge in [-0.15, -0.1) is 0 Å². The van der Waals surface area contributed by atoms with Gasteiger partial charge in [-0.1, -0.05) is 23.7 Å². The van der Waals surface area contributed by atoms with E-state index in [-0.39, 0.29) is 5.76 Å². The molecule has 0 fully saturated rings. The van der Waals surface area contributed by atoms with E-state index in [0.29, 0.717) is 18.2 Å². The molecule has 1 rings (SSSR count). The second-order valence-corrected chi connectivity index (χ2v) is 3.65. The van der Waals surface area contributed by atoms with Crippen molar-refractivity contribution in [3.05, 3.63) is 40.6 Å². The van der Waals surface area contributed by atoms with Crippen molar-refractivity contribution in [3.63, 3.8) is 0 Å². The Morgan fingerprint density at radius 3 is 2.29 bits per heavy atom. The summed E-state index contributed by atoms with van der Waals surface area (Å²) in [5.41, 5.74) is 0.839. The minimum atomic E-state index is -0.454. The highest BCUT2D eigenvalue weighted by molar-refractivity contribution is 6.30. The SMILES string of the molecule is CCOC(=O)/C(=C/c1ccc(Cl)cc1)OCC. The Bertz CT molecular complexity index is 396. The number of esters is 1. The molecule has 0 aromatic heterocycles. The smallest absolute Gasteiger partial charge is 0.373 e. The molecular formula is C13H15ClO3. The normalized spacial score (nSPS) is 11.1. The van der Waals surface area contributed by atoms with Crippen LogP contribution >= 0.6 is 11.6 Å². The molecule has 0 saturated heterocycles. The lowest BCUT2D eigenvalue weighted by molar-refractivity contribution is -0.142. The zero-order valence-electron chi connectivity index (χ0n) is 9.90. The molecule has 0 unspecified atom stereocenters. The van der Waals surface area contributed by atoms with Crippen LogP contribution < -0.4 is 0 Å². The van der Waals surface area contributed by atoms with Gasteiger partial charge in [0.05, 0.1) is 13.2 Å². The average molecular weight is 255 g/mol. The third kappa shape index (κ3) is 4.49. The molecule has 0 amide bonds. The minimum Gasteiger partial charge on any atom is -0.487 e. The fourth-order valence-corrected chi connectivity index (χ4v) is 1.35. The van der Waals surface area contributed by atoms with Crippen molar-refractivity contribution in [2.24, 2.45) is 0 Å². The Kier molecular flexibility index (Phi) is 5.57. The second kappa shape index (κ2) is 6.97. The van der Waals surface area contributed by atoms with Crippen molar-refractivity contribution in [2.45, 2.75) is 13.8 Å². The van der Waals surface area contributed by atoms with E-state index >= 15 is 0 Å². The van der Waals surface area contributed by atoms with Crippen molar-refractivity contribution in [1.82, 2.24) is 0 Å². The molecule has 0 atom stereocenters. The summed E-state index contributed by atoms with van der Waals surface area (Å²) in [7, 11) is 0. The lowest BCUT2D eigenvalue weighted by Gasteiger charge is -2.07. The summed E-state index contributed by atoms with van der Waals surface area (Å²) in [4.78, 5) is 11.6. The van der Waals surface area contributed by atoms with Crippen molar-refractivity contribution in [2.75, 3.05) is 13.2 Å². The van der Waals surface area contributed by atoms with Gasteiger partial charge < -0.3 is 9.47 Å². The standard InChI is InChI=1S/C13H15ClO3/c1-3-16-12(13(15)17-4-2)9-10-5-7-11(14)8-6-10/h5-9H,3-4H2,1-2H3/b12-9-. The van der Waals surface area contributed by atoms with Gasteiger partial charge in [-0.05, 0) is 37.6 Å². The van der Waals surface area contributed by atoms with Crippen LogP contribution in [-0.2, 0) is 14.3 Å². The highest BCUT2D eigenvalue weighted by Gasteiger charge is 2.11. The van der Waals surface area contributed by atoms with E-state index in [2.05, 4.69) is 0 Å². The maximum absolute atomic E-state index is 11.6. The molecular weight excluding hydrogens is 240 g/mol. The highest BCUT2D eigenvalue weighted by Crippen LogP contribution is 2.14. The number of rotatable bonds is 5. The summed E-state index contributed by atoms with van der Waals surface area (Å²) >= 11 is 5.78. The first-order chi connectivity index (χ1) is 8.17. The van der Waals surface area contributed by atoms with Crippen LogP contribution in [0, 0.1) is 0 Å². The first-order valence-corrected chi connectivity index (χ1v) is 5.82. The van der Waals surface area contributed by atoms with E-state index in [4.69, 9.17) is 21.1 Å². The van der Waals surface area contributed by atoms with Crippen LogP contribution in [0.3, 0.4) is 0 Å². The van der Waals surface area contributed by atoms with Gasteiger partial charge in [0, 0.05) is 5.02 Å². The van der Waals surface area contributed by atoms with Gasteiger partial charge in [0.25, 0.3) is 0 Å². The van der Waals surface area contributed by atoms with E-state index in [1.165, 1.54) is 0 Å². The summed E-state index contributed by atoms with van der Waals surface area (Å²) < 4.78 is 10.1. The predicted octanol–water partition coefficient (Wildman–Crippen LogP) is 3.28. The van der Waals surface area contributed by atoms with Gasteiger partial charge in [-0.2, -0.15) is 0 Å². The van der Waals surface area contributed by atoms with Gasteiger partial charge in [0.2, 0.25) is 5.76 Å². The van der Waals surface area contributed by atoms with Crippen molar-refractivity contribution >= 4 is 23.6 Å². The van der Waals surface area contributed by atoms with Crippen molar-refractivity contribution < 1.29 is 14.3 Å². The topological polar surface area (TPSA) is 35.5 Å². The Balaban J connectivity index is 2.89. The summed E-state index contributed by atoms with van der Waals surface area (Å²) in [5, 5.41) is 0.649. The zero-order chi connectivity index (χ0) is 12.7. The maximum atomic E-state index is 11.6. The number of hydrogen-bond acceptors (Lipinski definition) is 3. The fraction of sp³-hybridized carbons (Fsp3) is 0.308. The van der Waals surface area contributed by atoms with Crippen molar-refractivity contribution in [3.8, 4) is 0 Å². The quantitative estimate of drug-likeness (QED) is 0.460. The fourth-order valence-electron chi connectivity index (χ4n) is 1.23. The first-order valence-electron chi connectivity index (χ1n) is 5.44. The molecule has 1 aromatic rings. The van der Waals surface area contributed by atoms with E-state index in [1.807, 2.05) is 6.92 Å². The number of carbonyl (C=O) groups is 1. The summed E-state index contributed by atoms with van der Waals surface area (Å²) in [5.74, 6) is -0.249. The van der Waals surface area contributed by atoms with E-state index in [9.17, 15) is 4.79 Å². The van der Waals surface area contributed by atoms with Crippen LogP contribution in [0.4, 0.5) is 0 Å². The Morgan fingerprint density at radius 1 is 1.18 bits per heavy atom. The molecule has 1 aromatic carbocycles. The lowest BCUT2D eigenvalue weighted by Crippen LogP contribution is -2.10. The van der Waals surface area contributed by atoms with Crippen LogP contribution in [0.15, 0.2) is 30.0 Å². The van der Waals surface area contributed by atoms with Gasteiger partial charge in [0.1, 0.15) is 0 Å². The molecule has 92 valence electrons. The third-order valence-corrected chi connectivity index (χ3v) is 2.20. The monoisotopic (exact) mass is 254 g/mol. The molecule has 0 N–H and O–H groups in total. The molecule has 3 nitrogen and oxygen atoms in total. The second-order valence-electron chi connectivity index (χ2n) is 3.21. The number of halogens is 1. The van der Waals surface area contributed by atoms with Gasteiger partial charge in [-0.3, -0.25) is 0 Å². The van der Waals surface area contributed by atoms with E-state index in [1.54, 1.807) is 37.3 Å². The summed E-state index contributed by atoms with van der Waals surface area (Å²) in [6, 6.07) is 7.12. The molecule has 0 aliphatic rings. The largest absolute Gasteiger partial charge is 0.487 e. The summed E-state index contributed by atoms with van der Waals surface area (Å²) in [6.07, 6.45) is 1.64. The summed E-state index contributed by atoms with van der Waals surface area (Å²) in [6.45, 7) is 4.31. The van der Waals surface area contributed by atoms with Gasteiger partial charge in [0.15, 0.2) is 0 Å². The highest BCUT2D eigenvalue weighted by atomic mass is 35.5. The average Bonchev–Trinajstić information content (AvgIpc) is 2.31. The minimum absolute atomic E-state index is 0.205. The van der Waals surface area contributed by atoms with E-state index < -0.39 is 5.97 Å². The molecule has 0 saturated carbocycles. The number of hydrogen-bond donors (Lipinski definition) is 0. The van der Waals surface area contributed by atoms with Crippen LogP contribution in [0.5, 0.6) is 0 Å². The predicted molar refractivity (Wildman–Crippen MR) is 67.7 cm³/mol. The number of carbonyl (C=O) groups excluding carboxylic acids is 1. The Morgan fingerprint density at radius 2 is 1.76 bits per heavy atom. The Labute approximate surface area is 106 Å². The van der Waals surface area contributed by atoms with Gasteiger partial charge >= 0.3 is 5.97 Å². The van der Waals surface area contributed by atoms with Crippen molar-refractivity contribution in [1.29, 1.82) is 0 Å². The molecule has 4 heteroatoms. The number of benzene rings is 1. The zero-order valence-corrected chi connectivity index (χ0v) is 10.7. The van der Waals surface area contributed by atoms with E-state index in [0.717, 1.165) is 5.56 Å². The Hall–Kier alpha value is -1.48. The molecule has 17 heavy (non-hydrogen) atoms. The van der Waals surface area contributed by atoms with Crippen LogP contribution in [-0.4, -0.2) is 19.2 Å².